The quantitative estimate of drug-likeness (QED) is 0.441. The summed E-state index contributed by atoms with van der Waals surface area (Å²) in [5, 5.41) is 0. The Bertz CT molecular complexity index is 1390. The van der Waals surface area contributed by atoms with Crippen LogP contribution in [0.3, 0.4) is 0 Å². The summed E-state index contributed by atoms with van der Waals surface area (Å²) in [4.78, 5) is 27.1. The third kappa shape index (κ3) is 6.60. The maximum Gasteiger partial charge on any atom is 0.415 e. The second-order valence-electron chi connectivity index (χ2n) is 9.39. The van der Waals surface area contributed by atoms with Gasteiger partial charge in [-0.25, -0.2) is 13.2 Å². The summed E-state index contributed by atoms with van der Waals surface area (Å²) in [6, 6.07) is 16.9. The summed E-state index contributed by atoms with van der Waals surface area (Å²) >= 11 is 0. The molecule has 0 spiro atoms. The molecule has 2 aromatic carbocycles. The molecule has 0 aliphatic carbocycles. The van der Waals surface area contributed by atoms with Crippen molar-refractivity contribution >= 4 is 15.9 Å². The Balaban J connectivity index is 1.30. The molecular weight excluding hydrogens is 492 g/mol. The van der Waals surface area contributed by atoms with Gasteiger partial charge in [-0.1, -0.05) is 26.0 Å². The van der Waals surface area contributed by atoms with Gasteiger partial charge >= 0.3 is 6.09 Å². The van der Waals surface area contributed by atoms with E-state index in [-0.39, 0.29) is 22.7 Å². The number of ether oxygens (including phenoxy) is 2. The number of rotatable bonds is 7. The number of hydrogen-bond donors (Lipinski definition) is 0. The van der Waals surface area contributed by atoms with Crippen LogP contribution in [0.1, 0.15) is 44.6 Å². The molecule has 1 unspecified atom stereocenters. The predicted octanol–water partition coefficient (Wildman–Crippen LogP) is 4.80. The standard InChI is InChI=1S/C28H32N2O6S/c1-4-20(2)21-5-9-23(10-6-21)36-28(32)29-16-13-24(14-17-29)35-25-15-18-30(27(31)19-25)22-7-11-26(12-8-22)37(3,33)34/h5-12,15,18-20,24H,4,13-14,16-17H2,1-3H3. The molecule has 4 rings (SSSR count). The monoisotopic (exact) mass is 524 g/mol. The SMILES string of the molecule is CCC(C)c1ccc(OC(=O)N2CCC(Oc3ccn(-c4ccc(S(C)(=O)=O)cc4)c(=O)c3)CC2)cc1. The van der Waals surface area contributed by atoms with Gasteiger partial charge in [0.15, 0.2) is 9.84 Å². The van der Waals surface area contributed by atoms with Crippen molar-refractivity contribution in [1.29, 1.82) is 0 Å². The summed E-state index contributed by atoms with van der Waals surface area (Å²) in [7, 11) is -3.31. The molecule has 1 saturated heterocycles. The van der Waals surface area contributed by atoms with E-state index in [2.05, 4.69) is 13.8 Å². The second-order valence-corrected chi connectivity index (χ2v) is 11.4. The first kappa shape index (κ1) is 26.5. The number of hydrogen-bond acceptors (Lipinski definition) is 6. The lowest BCUT2D eigenvalue weighted by molar-refractivity contribution is 0.0929. The molecule has 1 fully saturated rings. The molecule has 1 atom stereocenters. The van der Waals surface area contributed by atoms with Gasteiger partial charge in [0.25, 0.3) is 5.56 Å². The van der Waals surface area contributed by atoms with E-state index >= 15 is 0 Å². The van der Waals surface area contributed by atoms with Crippen LogP contribution in [0.5, 0.6) is 11.5 Å². The van der Waals surface area contributed by atoms with Crippen LogP contribution in [-0.2, 0) is 9.84 Å². The van der Waals surface area contributed by atoms with Crippen molar-refractivity contribution in [3.8, 4) is 17.2 Å². The molecule has 2 heterocycles. The van der Waals surface area contributed by atoms with Gasteiger partial charge in [-0.15, -0.1) is 0 Å². The number of likely N-dealkylation sites (tertiary alicyclic amines) is 1. The molecule has 1 amide bonds. The van der Waals surface area contributed by atoms with Crippen molar-refractivity contribution in [2.24, 2.45) is 0 Å². The molecular formula is C28H32N2O6S. The smallest absolute Gasteiger partial charge is 0.415 e. The minimum absolute atomic E-state index is 0.122. The Kier molecular flexibility index (Phi) is 8.02. The van der Waals surface area contributed by atoms with Crippen molar-refractivity contribution < 1.29 is 22.7 Å². The number of carbonyl (C=O) groups excluding carboxylic acids is 1. The van der Waals surface area contributed by atoms with Crippen LogP contribution in [-0.4, -0.2) is 49.4 Å². The molecule has 0 N–H and O–H groups in total. The molecule has 0 radical (unpaired) electrons. The maximum absolute atomic E-state index is 12.6. The molecule has 37 heavy (non-hydrogen) atoms. The molecule has 9 heteroatoms. The summed E-state index contributed by atoms with van der Waals surface area (Å²) in [6.07, 6.45) is 4.54. The summed E-state index contributed by atoms with van der Waals surface area (Å²) < 4.78 is 36.3. The van der Waals surface area contributed by atoms with Crippen molar-refractivity contribution in [3.63, 3.8) is 0 Å². The van der Waals surface area contributed by atoms with Gasteiger partial charge in [-0.05, 0) is 60.4 Å². The highest BCUT2D eigenvalue weighted by Crippen LogP contribution is 2.23. The molecule has 1 aromatic heterocycles. The second kappa shape index (κ2) is 11.2. The Hall–Kier alpha value is -3.59. The van der Waals surface area contributed by atoms with Crippen LogP contribution in [0.25, 0.3) is 5.69 Å². The van der Waals surface area contributed by atoms with Gasteiger partial charge in [-0.3, -0.25) is 9.36 Å². The van der Waals surface area contributed by atoms with Crippen molar-refractivity contribution in [3.05, 3.63) is 82.8 Å². The third-order valence-electron chi connectivity index (χ3n) is 6.70. The summed E-state index contributed by atoms with van der Waals surface area (Å²) in [5.41, 5.74) is 1.49. The van der Waals surface area contributed by atoms with E-state index in [0.717, 1.165) is 12.7 Å². The third-order valence-corrected chi connectivity index (χ3v) is 7.83. The van der Waals surface area contributed by atoms with E-state index in [1.54, 1.807) is 29.3 Å². The molecule has 3 aromatic rings. The highest BCUT2D eigenvalue weighted by Gasteiger charge is 2.25. The fraction of sp³-hybridized carbons (Fsp3) is 0.357. The van der Waals surface area contributed by atoms with Crippen LogP contribution in [0.2, 0.25) is 0 Å². The average molecular weight is 525 g/mol. The van der Waals surface area contributed by atoms with Crippen molar-refractivity contribution in [2.45, 2.75) is 50.0 Å². The average Bonchev–Trinajstić information content (AvgIpc) is 2.89. The number of aromatic nitrogens is 1. The first-order valence-corrected chi connectivity index (χ1v) is 14.3. The fourth-order valence-electron chi connectivity index (χ4n) is 4.22. The zero-order valence-corrected chi connectivity index (χ0v) is 22.1. The van der Waals surface area contributed by atoms with Gasteiger partial charge < -0.3 is 14.4 Å². The highest BCUT2D eigenvalue weighted by molar-refractivity contribution is 7.90. The van der Waals surface area contributed by atoms with Gasteiger partial charge in [0.05, 0.1) is 4.90 Å². The van der Waals surface area contributed by atoms with Crippen LogP contribution in [0.4, 0.5) is 4.79 Å². The van der Waals surface area contributed by atoms with Crippen molar-refractivity contribution in [1.82, 2.24) is 9.47 Å². The number of piperidine rings is 1. The Morgan fingerprint density at radius 3 is 2.22 bits per heavy atom. The number of amides is 1. The van der Waals surface area contributed by atoms with E-state index in [1.165, 1.54) is 28.3 Å². The maximum atomic E-state index is 12.6. The number of benzene rings is 2. The predicted molar refractivity (Wildman–Crippen MR) is 142 cm³/mol. The zero-order valence-electron chi connectivity index (χ0n) is 21.3. The normalized spacial score (nSPS) is 15.3. The van der Waals surface area contributed by atoms with Gasteiger partial charge in [0, 0.05) is 50.1 Å². The summed E-state index contributed by atoms with van der Waals surface area (Å²) in [6.45, 7) is 5.31. The van der Waals surface area contributed by atoms with Crippen LogP contribution < -0.4 is 15.0 Å². The number of nitrogens with zero attached hydrogens (tertiary/aromatic N) is 2. The highest BCUT2D eigenvalue weighted by atomic mass is 32.2. The zero-order chi connectivity index (χ0) is 26.6. The summed E-state index contributed by atoms with van der Waals surface area (Å²) in [5.74, 6) is 1.45. The van der Waals surface area contributed by atoms with E-state index in [0.29, 0.717) is 49.0 Å². The largest absolute Gasteiger partial charge is 0.490 e. The van der Waals surface area contributed by atoms with E-state index in [9.17, 15) is 18.0 Å². The molecule has 0 saturated carbocycles. The van der Waals surface area contributed by atoms with E-state index < -0.39 is 9.84 Å². The van der Waals surface area contributed by atoms with Gasteiger partial charge in [0.2, 0.25) is 0 Å². The molecule has 1 aliphatic rings. The number of pyridine rings is 1. The lowest BCUT2D eigenvalue weighted by Gasteiger charge is -2.31. The topological polar surface area (TPSA) is 94.9 Å². The fourth-order valence-corrected chi connectivity index (χ4v) is 4.85. The van der Waals surface area contributed by atoms with Gasteiger partial charge in [0.1, 0.15) is 17.6 Å². The molecule has 8 nitrogen and oxygen atoms in total. The molecule has 196 valence electrons. The van der Waals surface area contributed by atoms with Gasteiger partial charge in [-0.2, -0.15) is 0 Å². The van der Waals surface area contributed by atoms with E-state index in [1.807, 2.05) is 24.3 Å². The Labute approximate surface area is 217 Å². The molecule has 0 bridgehead atoms. The van der Waals surface area contributed by atoms with Crippen LogP contribution in [0, 0.1) is 0 Å². The lowest BCUT2D eigenvalue weighted by atomic mass is 9.99. The first-order chi connectivity index (χ1) is 17.6. The van der Waals surface area contributed by atoms with Crippen LogP contribution in [0.15, 0.2) is 76.6 Å². The molecule has 1 aliphatic heterocycles. The van der Waals surface area contributed by atoms with Crippen LogP contribution >= 0.6 is 0 Å². The number of carbonyl (C=O) groups is 1. The number of sulfone groups is 1. The Morgan fingerprint density at radius 2 is 1.65 bits per heavy atom. The Morgan fingerprint density at radius 1 is 1.00 bits per heavy atom. The minimum atomic E-state index is -3.31. The van der Waals surface area contributed by atoms with Crippen molar-refractivity contribution in [2.75, 3.05) is 19.3 Å². The minimum Gasteiger partial charge on any atom is -0.490 e. The first-order valence-electron chi connectivity index (χ1n) is 12.4. The lowest BCUT2D eigenvalue weighted by Crippen LogP contribution is -2.43. The van der Waals surface area contributed by atoms with E-state index in [4.69, 9.17) is 9.47 Å².